The number of nitrogens with zero attached hydrogens (tertiary/aromatic N) is 4. The lowest BCUT2D eigenvalue weighted by molar-refractivity contribution is -0.123. The molecule has 1 aliphatic heterocycles. The van der Waals surface area contributed by atoms with E-state index in [-0.39, 0.29) is 29.1 Å². The second-order valence-electron chi connectivity index (χ2n) is 8.90. The fourth-order valence-electron chi connectivity index (χ4n) is 3.71. The zero-order valence-electron chi connectivity index (χ0n) is 17.9. The number of amides is 2. The van der Waals surface area contributed by atoms with Crippen LogP contribution in [0.1, 0.15) is 50.1 Å². The van der Waals surface area contributed by atoms with E-state index >= 15 is 0 Å². The highest BCUT2D eigenvalue weighted by molar-refractivity contribution is 5.95. The third-order valence-electron chi connectivity index (χ3n) is 5.58. The average molecular weight is 423 g/mol. The number of rotatable bonds is 3. The van der Waals surface area contributed by atoms with E-state index in [0.29, 0.717) is 37.1 Å². The van der Waals surface area contributed by atoms with Crippen molar-refractivity contribution < 1.29 is 14.0 Å². The Kier molecular flexibility index (Phi) is 5.47. The van der Waals surface area contributed by atoms with Crippen LogP contribution in [0.5, 0.6) is 0 Å². The van der Waals surface area contributed by atoms with Gasteiger partial charge in [0.05, 0.1) is 12.2 Å². The number of halogens is 1. The zero-order chi connectivity index (χ0) is 22.2. The van der Waals surface area contributed by atoms with Crippen LogP contribution in [-0.4, -0.2) is 44.6 Å². The largest absolute Gasteiger partial charge is 0.337 e. The van der Waals surface area contributed by atoms with Gasteiger partial charge in [0.25, 0.3) is 5.91 Å². The first kappa shape index (κ1) is 21.0. The number of hydrogen-bond acceptors (Lipinski definition) is 4. The highest BCUT2D eigenvalue weighted by atomic mass is 19.1. The lowest BCUT2D eigenvalue weighted by Gasteiger charge is -2.32. The van der Waals surface area contributed by atoms with Gasteiger partial charge < -0.3 is 10.2 Å². The van der Waals surface area contributed by atoms with Crippen molar-refractivity contribution in [2.75, 3.05) is 18.4 Å². The van der Waals surface area contributed by atoms with Crippen LogP contribution in [0.25, 0.3) is 10.9 Å². The van der Waals surface area contributed by atoms with Crippen LogP contribution < -0.4 is 5.32 Å². The molecule has 0 saturated carbocycles. The molecule has 4 rings (SSSR count). The molecule has 3 aromatic rings. The number of piperidine rings is 1. The Morgan fingerprint density at radius 2 is 1.84 bits per heavy atom. The second-order valence-corrected chi connectivity index (χ2v) is 8.90. The molecule has 0 aliphatic carbocycles. The van der Waals surface area contributed by atoms with E-state index in [0.717, 1.165) is 0 Å². The number of hydrogen-bond donors (Lipinski definition) is 1. The van der Waals surface area contributed by atoms with Crippen LogP contribution in [0.4, 0.5) is 10.2 Å². The summed E-state index contributed by atoms with van der Waals surface area (Å²) in [6.07, 6.45) is 3.07. The molecule has 8 heteroatoms. The Morgan fingerprint density at radius 1 is 1.10 bits per heavy atom. The number of pyridine rings is 1. The molecular formula is C23H26FN5O2. The van der Waals surface area contributed by atoms with E-state index in [1.807, 2.05) is 25.5 Å². The van der Waals surface area contributed by atoms with Crippen LogP contribution >= 0.6 is 0 Å². The van der Waals surface area contributed by atoms with Gasteiger partial charge in [0, 0.05) is 30.0 Å². The summed E-state index contributed by atoms with van der Waals surface area (Å²) in [5, 5.41) is 8.00. The summed E-state index contributed by atoms with van der Waals surface area (Å²) in [5.74, 6) is -0.0486. The summed E-state index contributed by atoms with van der Waals surface area (Å²) in [6.45, 7) is 6.65. The molecule has 2 aromatic heterocycles. The molecule has 0 unspecified atom stereocenters. The van der Waals surface area contributed by atoms with Gasteiger partial charge in [-0.2, -0.15) is 5.10 Å². The van der Waals surface area contributed by atoms with Crippen molar-refractivity contribution in [3.8, 4) is 0 Å². The van der Waals surface area contributed by atoms with Crippen LogP contribution in [0, 0.1) is 11.2 Å². The van der Waals surface area contributed by atoms with Crippen LogP contribution in [0.15, 0.2) is 42.6 Å². The predicted molar refractivity (Wildman–Crippen MR) is 116 cm³/mol. The molecule has 1 aromatic carbocycles. The highest BCUT2D eigenvalue weighted by Crippen LogP contribution is 2.27. The topological polar surface area (TPSA) is 80.1 Å². The van der Waals surface area contributed by atoms with Gasteiger partial charge in [-0.25, -0.2) is 14.1 Å². The third kappa shape index (κ3) is 4.28. The molecule has 162 valence electrons. The van der Waals surface area contributed by atoms with Gasteiger partial charge in [0.1, 0.15) is 22.8 Å². The number of benzene rings is 1. The number of aromatic nitrogens is 3. The number of carbonyl (C=O) groups is 2. The fraction of sp³-hybridized carbons (Fsp3) is 0.391. The van der Waals surface area contributed by atoms with E-state index < -0.39 is 11.2 Å². The van der Waals surface area contributed by atoms with Gasteiger partial charge in [-0.05, 0) is 25.0 Å². The number of nitrogens with one attached hydrogen (secondary N) is 1. The molecule has 31 heavy (non-hydrogen) atoms. The van der Waals surface area contributed by atoms with E-state index in [1.54, 1.807) is 41.4 Å². The molecule has 0 radical (unpaired) electrons. The Labute approximate surface area is 180 Å². The summed E-state index contributed by atoms with van der Waals surface area (Å²) in [5.41, 5.74) is -0.0516. The minimum Gasteiger partial charge on any atom is -0.337 e. The number of anilines is 1. The third-order valence-corrected chi connectivity index (χ3v) is 5.58. The normalized spacial score (nSPS) is 15.3. The fourth-order valence-corrected chi connectivity index (χ4v) is 3.71. The van der Waals surface area contributed by atoms with Gasteiger partial charge in [0.15, 0.2) is 0 Å². The number of para-hydroxylation sites is 1. The SMILES string of the molecule is CC(C)(C)C(=O)Nc1ccnn1C1CCN(C(=O)c2ccc3cccc(F)c3n2)CC1. The standard InChI is InChI=1S/C23H26FN5O2/c1-23(2,3)22(31)27-19-9-12-25-29(19)16-10-13-28(14-11-16)21(30)18-8-7-15-5-4-6-17(24)20(15)26-18/h4-9,12,16H,10-11,13-14H2,1-3H3,(H,27,31). The minimum absolute atomic E-state index is 0.0727. The highest BCUT2D eigenvalue weighted by Gasteiger charge is 2.28. The number of carbonyl (C=O) groups excluding carboxylic acids is 2. The Balaban J connectivity index is 1.44. The minimum atomic E-state index is -0.503. The van der Waals surface area contributed by atoms with Crippen molar-refractivity contribution in [1.82, 2.24) is 19.7 Å². The smallest absolute Gasteiger partial charge is 0.272 e. The second kappa shape index (κ2) is 8.09. The van der Waals surface area contributed by atoms with Crippen LogP contribution in [0.2, 0.25) is 0 Å². The monoisotopic (exact) mass is 423 g/mol. The van der Waals surface area contributed by atoms with Crippen molar-refractivity contribution in [2.45, 2.75) is 39.7 Å². The average Bonchev–Trinajstić information content (AvgIpc) is 3.21. The molecule has 1 fully saturated rings. The van der Waals surface area contributed by atoms with Gasteiger partial charge in [-0.3, -0.25) is 9.59 Å². The Bertz CT molecular complexity index is 1130. The molecule has 1 saturated heterocycles. The van der Waals surface area contributed by atoms with E-state index in [9.17, 15) is 14.0 Å². The van der Waals surface area contributed by atoms with E-state index in [1.165, 1.54) is 6.07 Å². The van der Waals surface area contributed by atoms with Gasteiger partial charge >= 0.3 is 0 Å². The summed E-state index contributed by atoms with van der Waals surface area (Å²) < 4.78 is 15.9. The maximum atomic E-state index is 14.1. The van der Waals surface area contributed by atoms with Gasteiger partial charge in [-0.15, -0.1) is 0 Å². The first-order valence-electron chi connectivity index (χ1n) is 10.4. The lowest BCUT2D eigenvalue weighted by atomic mass is 9.96. The molecule has 0 bridgehead atoms. The van der Waals surface area contributed by atoms with Crippen molar-refractivity contribution in [3.63, 3.8) is 0 Å². The maximum Gasteiger partial charge on any atom is 0.272 e. The Morgan fingerprint density at radius 3 is 2.55 bits per heavy atom. The molecule has 1 aliphatic rings. The summed E-state index contributed by atoms with van der Waals surface area (Å²) in [4.78, 5) is 31.3. The van der Waals surface area contributed by atoms with Gasteiger partial charge in [0.2, 0.25) is 5.91 Å². The zero-order valence-corrected chi connectivity index (χ0v) is 17.9. The molecule has 3 heterocycles. The first-order valence-corrected chi connectivity index (χ1v) is 10.4. The molecule has 0 spiro atoms. The maximum absolute atomic E-state index is 14.1. The molecule has 2 amide bonds. The van der Waals surface area contributed by atoms with E-state index in [4.69, 9.17) is 0 Å². The van der Waals surface area contributed by atoms with E-state index in [2.05, 4.69) is 15.4 Å². The van der Waals surface area contributed by atoms with Crippen molar-refractivity contribution >= 4 is 28.5 Å². The quantitative estimate of drug-likeness (QED) is 0.690. The lowest BCUT2D eigenvalue weighted by Crippen LogP contribution is -2.40. The Hall–Kier alpha value is -3.29. The van der Waals surface area contributed by atoms with Crippen LogP contribution in [0.3, 0.4) is 0 Å². The van der Waals surface area contributed by atoms with Gasteiger partial charge in [-0.1, -0.05) is 39.0 Å². The summed E-state index contributed by atoms with van der Waals surface area (Å²) >= 11 is 0. The van der Waals surface area contributed by atoms with Crippen molar-refractivity contribution in [3.05, 3.63) is 54.1 Å². The molecule has 7 nitrogen and oxygen atoms in total. The van der Waals surface area contributed by atoms with Crippen LogP contribution in [-0.2, 0) is 4.79 Å². The van der Waals surface area contributed by atoms with Crippen molar-refractivity contribution in [1.29, 1.82) is 0 Å². The number of likely N-dealkylation sites (tertiary alicyclic amines) is 1. The first-order chi connectivity index (χ1) is 14.7. The molecular weight excluding hydrogens is 397 g/mol. The molecule has 1 N–H and O–H groups in total. The van der Waals surface area contributed by atoms with Crippen molar-refractivity contribution in [2.24, 2.45) is 5.41 Å². The number of fused-ring (bicyclic) bond motifs is 1. The summed E-state index contributed by atoms with van der Waals surface area (Å²) in [6, 6.07) is 9.97. The molecule has 0 atom stereocenters. The predicted octanol–water partition coefficient (Wildman–Crippen LogP) is 4.03. The summed E-state index contributed by atoms with van der Waals surface area (Å²) in [7, 11) is 0.